The van der Waals surface area contributed by atoms with Gasteiger partial charge in [-0.1, -0.05) is 25.0 Å². The maximum Gasteiger partial charge on any atom is 0.360 e. The van der Waals surface area contributed by atoms with Gasteiger partial charge in [-0.15, -0.1) is 0 Å². The molecule has 0 amide bonds. The molecule has 1 saturated carbocycles. The van der Waals surface area contributed by atoms with Gasteiger partial charge >= 0.3 is 6.61 Å². The molecular formula is C17H23F3N2O. The van der Waals surface area contributed by atoms with Crippen LogP contribution in [0.2, 0.25) is 0 Å². The van der Waals surface area contributed by atoms with Crippen molar-refractivity contribution in [2.24, 2.45) is 0 Å². The van der Waals surface area contributed by atoms with E-state index >= 15 is 0 Å². The topological polar surface area (TPSA) is 24.5 Å². The second-order valence-electron chi connectivity index (χ2n) is 7.01. The van der Waals surface area contributed by atoms with Crippen molar-refractivity contribution in [2.45, 2.75) is 69.8 Å². The quantitative estimate of drug-likeness (QED) is 0.907. The number of hydrogen-bond donors (Lipinski definition) is 1. The van der Waals surface area contributed by atoms with Crippen LogP contribution in [-0.4, -0.2) is 29.3 Å². The predicted octanol–water partition coefficient (Wildman–Crippen LogP) is 4.02. The molecule has 1 saturated heterocycles. The maximum atomic E-state index is 13.7. The van der Waals surface area contributed by atoms with E-state index in [1.807, 2.05) is 13.8 Å². The molecule has 1 aliphatic carbocycles. The Kier molecular flexibility index (Phi) is 4.67. The third-order valence-corrected chi connectivity index (χ3v) is 4.92. The number of hydroxylamine groups is 2. The largest absolute Gasteiger partial charge is 0.360 e. The van der Waals surface area contributed by atoms with Gasteiger partial charge in [0.05, 0.1) is 12.1 Å². The van der Waals surface area contributed by atoms with Crippen molar-refractivity contribution in [1.82, 2.24) is 10.4 Å². The van der Waals surface area contributed by atoms with Gasteiger partial charge < -0.3 is 5.32 Å². The lowest BCUT2D eigenvalue weighted by Gasteiger charge is -2.55. The van der Waals surface area contributed by atoms with E-state index in [0.29, 0.717) is 5.56 Å². The summed E-state index contributed by atoms with van der Waals surface area (Å²) in [6, 6.07) is 5.64. The van der Waals surface area contributed by atoms with Crippen LogP contribution in [0.15, 0.2) is 24.3 Å². The van der Waals surface area contributed by atoms with E-state index in [1.165, 1.54) is 17.2 Å². The molecule has 0 aromatic heterocycles. The van der Waals surface area contributed by atoms with Crippen molar-refractivity contribution in [3.05, 3.63) is 35.6 Å². The number of benzene rings is 1. The van der Waals surface area contributed by atoms with Crippen molar-refractivity contribution in [3.8, 4) is 0 Å². The fourth-order valence-corrected chi connectivity index (χ4v) is 4.12. The van der Waals surface area contributed by atoms with E-state index < -0.39 is 18.2 Å². The Morgan fingerprint density at radius 2 is 2.00 bits per heavy atom. The molecule has 128 valence electrons. The van der Waals surface area contributed by atoms with Gasteiger partial charge in [-0.25, -0.2) is 9.23 Å². The summed E-state index contributed by atoms with van der Waals surface area (Å²) in [5.74, 6) is -0.374. The fourth-order valence-electron chi connectivity index (χ4n) is 4.12. The Hall–Kier alpha value is -1.11. The highest BCUT2D eigenvalue weighted by Gasteiger charge is 2.49. The molecule has 1 aliphatic heterocycles. The van der Waals surface area contributed by atoms with Gasteiger partial charge in [0.1, 0.15) is 5.82 Å². The molecule has 0 spiro atoms. The monoisotopic (exact) mass is 328 g/mol. The van der Waals surface area contributed by atoms with Gasteiger partial charge in [0, 0.05) is 11.6 Å². The summed E-state index contributed by atoms with van der Waals surface area (Å²) < 4.78 is 39.7. The molecule has 0 bridgehead atoms. The standard InChI is InChI=1S/C17H23F3N2O/c1-17(2)15(11-6-5-7-12(18)10-11)22(23-16(19)20)14-9-4-3-8-13(14)21-17/h5-7,10,13-16,21H,3-4,8-9H2,1-2H3. The number of fused-ring (bicyclic) bond motifs is 1. The van der Waals surface area contributed by atoms with Crippen molar-refractivity contribution in [3.63, 3.8) is 0 Å². The Labute approximate surface area is 134 Å². The minimum atomic E-state index is -2.89. The smallest absolute Gasteiger partial charge is 0.305 e. The van der Waals surface area contributed by atoms with Crippen molar-refractivity contribution in [2.75, 3.05) is 0 Å². The summed E-state index contributed by atoms with van der Waals surface area (Å²) in [6.45, 7) is 1.02. The number of hydrogen-bond acceptors (Lipinski definition) is 3. The zero-order valence-corrected chi connectivity index (χ0v) is 13.4. The molecule has 3 atom stereocenters. The Morgan fingerprint density at radius 1 is 1.26 bits per heavy atom. The molecular weight excluding hydrogens is 305 g/mol. The van der Waals surface area contributed by atoms with Crippen LogP contribution in [-0.2, 0) is 4.84 Å². The zero-order chi connectivity index (χ0) is 16.6. The number of nitrogens with one attached hydrogen (secondary N) is 1. The van der Waals surface area contributed by atoms with Crippen LogP contribution in [0.4, 0.5) is 13.2 Å². The molecule has 23 heavy (non-hydrogen) atoms. The first-order chi connectivity index (χ1) is 10.9. The number of halogens is 3. The summed E-state index contributed by atoms with van der Waals surface area (Å²) in [5, 5.41) is 5.01. The molecule has 2 aliphatic rings. The summed E-state index contributed by atoms with van der Waals surface area (Å²) in [5.41, 5.74) is 0.133. The van der Waals surface area contributed by atoms with E-state index in [0.717, 1.165) is 25.7 Å². The minimum Gasteiger partial charge on any atom is -0.305 e. The number of alkyl halides is 2. The summed E-state index contributed by atoms with van der Waals surface area (Å²) in [7, 11) is 0. The molecule has 0 radical (unpaired) electrons. The van der Waals surface area contributed by atoms with Gasteiger partial charge in [0.25, 0.3) is 0 Å². The van der Waals surface area contributed by atoms with Crippen molar-refractivity contribution < 1.29 is 18.0 Å². The normalized spacial score (nSPS) is 31.1. The molecule has 3 rings (SSSR count). The van der Waals surface area contributed by atoms with Crippen molar-refractivity contribution in [1.29, 1.82) is 0 Å². The van der Waals surface area contributed by atoms with E-state index in [1.54, 1.807) is 12.1 Å². The molecule has 2 fully saturated rings. The molecule has 1 aromatic carbocycles. The third-order valence-electron chi connectivity index (χ3n) is 4.92. The number of piperazine rings is 1. The van der Waals surface area contributed by atoms with Crippen LogP contribution in [0.5, 0.6) is 0 Å². The van der Waals surface area contributed by atoms with Gasteiger partial charge in [0.15, 0.2) is 0 Å². The minimum absolute atomic E-state index is 0.113. The Morgan fingerprint density at radius 3 is 2.70 bits per heavy atom. The second-order valence-corrected chi connectivity index (χ2v) is 7.01. The SMILES string of the molecule is CC1(C)NC2CCCCC2N(OC(F)F)C1c1cccc(F)c1. The fraction of sp³-hybridized carbons (Fsp3) is 0.647. The first-order valence-corrected chi connectivity index (χ1v) is 8.15. The average molecular weight is 328 g/mol. The van der Waals surface area contributed by atoms with Gasteiger partial charge in [-0.05, 0) is 44.4 Å². The van der Waals surface area contributed by atoms with Crippen LogP contribution in [0, 0.1) is 5.82 Å². The average Bonchev–Trinajstić information content (AvgIpc) is 2.45. The zero-order valence-electron chi connectivity index (χ0n) is 13.4. The Bertz CT molecular complexity index is 552. The summed E-state index contributed by atoms with van der Waals surface area (Å²) >= 11 is 0. The lowest BCUT2D eigenvalue weighted by Crippen LogP contribution is -2.68. The number of rotatable bonds is 3. The molecule has 3 unspecified atom stereocenters. The van der Waals surface area contributed by atoms with Gasteiger partial charge in [0.2, 0.25) is 0 Å². The summed E-state index contributed by atoms with van der Waals surface area (Å²) in [4.78, 5) is 4.94. The highest BCUT2D eigenvalue weighted by Crippen LogP contribution is 2.42. The highest BCUT2D eigenvalue weighted by atomic mass is 19.3. The molecule has 6 heteroatoms. The van der Waals surface area contributed by atoms with E-state index in [-0.39, 0.29) is 17.9 Å². The van der Waals surface area contributed by atoms with Crippen LogP contribution >= 0.6 is 0 Å². The second kappa shape index (κ2) is 6.42. The third kappa shape index (κ3) is 3.39. The van der Waals surface area contributed by atoms with Crippen LogP contribution in [0.1, 0.15) is 51.1 Å². The lowest BCUT2D eigenvalue weighted by atomic mass is 9.78. The lowest BCUT2D eigenvalue weighted by molar-refractivity contribution is -0.338. The van der Waals surface area contributed by atoms with E-state index in [4.69, 9.17) is 4.84 Å². The van der Waals surface area contributed by atoms with Crippen LogP contribution in [0.25, 0.3) is 0 Å². The highest BCUT2D eigenvalue weighted by molar-refractivity contribution is 5.25. The predicted molar refractivity (Wildman–Crippen MR) is 81.3 cm³/mol. The molecule has 1 aromatic rings. The Balaban J connectivity index is 2.00. The number of nitrogens with zero attached hydrogens (tertiary/aromatic N) is 1. The first-order valence-electron chi connectivity index (χ1n) is 8.15. The van der Waals surface area contributed by atoms with Crippen molar-refractivity contribution >= 4 is 0 Å². The first kappa shape index (κ1) is 16.7. The van der Waals surface area contributed by atoms with Crippen LogP contribution in [0.3, 0.4) is 0 Å². The van der Waals surface area contributed by atoms with E-state index in [2.05, 4.69) is 5.32 Å². The van der Waals surface area contributed by atoms with Crippen LogP contribution < -0.4 is 5.32 Å². The van der Waals surface area contributed by atoms with Gasteiger partial charge in [-0.2, -0.15) is 13.8 Å². The molecule has 1 N–H and O–H groups in total. The van der Waals surface area contributed by atoms with E-state index in [9.17, 15) is 13.2 Å². The van der Waals surface area contributed by atoms with Gasteiger partial charge in [-0.3, -0.25) is 0 Å². The molecule has 3 nitrogen and oxygen atoms in total. The molecule has 1 heterocycles. The maximum absolute atomic E-state index is 13.7. The summed E-state index contributed by atoms with van der Waals surface area (Å²) in [6.07, 6.45) is 3.80.